The highest BCUT2D eigenvalue weighted by molar-refractivity contribution is 5.80. The number of hydrogen-bond acceptors (Lipinski definition) is 4. The maximum Gasteiger partial charge on any atom is 0.303 e. The van der Waals surface area contributed by atoms with E-state index < -0.39 is 5.97 Å². The van der Waals surface area contributed by atoms with Crippen molar-refractivity contribution in [2.45, 2.75) is 32.8 Å². The smallest absolute Gasteiger partial charge is 0.303 e. The SMILES string of the molecule is CCOc1cc(CCNC(=O)CCC(=O)O)ccc1OCc1ccc(F)cc1. The van der Waals surface area contributed by atoms with Gasteiger partial charge in [-0.1, -0.05) is 18.2 Å². The van der Waals surface area contributed by atoms with Gasteiger partial charge in [0.05, 0.1) is 13.0 Å². The molecule has 0 atom stereocenters. The fraction of sp³-hybridized carbons (Fsp3) is 0.333. The Kier molecular flexibility index (Phi) is 8.27. The molecule has 0 aliphatic heterocycles. The lowest BCUT2D eigenvalue weighted by atomic mass is 10.1. The zero-order valence-corrected chi connectivity index (χ0v) is 15.7. The molecular weight excluding hydrogens is 365 g/mol. The fourth-order valence-corrected chi connectivity index (χ4v) is 2.49. The minimum atomic E-state index is -0.993. The van der Waals surface area contributed by atoms with Crippen LogP contribution in [-0.2, 0) is 22.6 Å². The molecule has 0 bridgehead atoms. The van der Waals surface area contributed by atoms with Crippen molar-refractivity contribution < 1.29 is 28.6 Å². The van der Waals surface area contributed by atoms with E-state index in [1.807, 2.05) is 19.1 Å². The highest BCUT2D eigenvalue weighted by Crippen LogP contribution is 2.29. The normalized spacial score (nSPS) is 10.4. The number of rotatable bonds is 11. The van der Waals surface area contributed by atoms with Crippen molar-refractivity contribution in [2.75, 3.05) is 13.2 Å². The molecule has 0 saturated heterocycles. The summed E-state index contributed by atoms with van der Waals surface area (Å²) in [7, 11) is 0. The number of carboxylic acid groups (broad SMARTS) is 1. The molecule has 1 amide bonds. The summed E-state index contributed by atoms with van der Waals surface area (Å²) < 4.78 is 24.4. The average molecular weight is 389 g/mol. The molecular formula is C21H24FNO5. The highest BCUT2D eigenvalue weighted by Gasteiger charge is 2.09. The summed E-state index contributed by atoms with van der Waals surface area (Å²) in [5, 5.41) is 11.3. The van der Waals surface area contributed by atoms with Crippen molar-refractivity contribution in [2.24, 2.45) is 0 Å². The van der Waals surface area contributed by atoms with Crippen molar-refractivity contribution in [3.8, 4) is 11.5 Å². The summed E-state index contributed by atoms with van der Waals surface area (Å²) in [6.45, 7) is 3.04. The molecule has 150 valence electrons. The summed E-state index contributed by atoms with van der Waals surface area (Å²) in [5.41, 5.74) is 1.80. The van der Waals surface area contributed by atoms with Crippen LogP contribution in [0, 0.1) is 5.82 Å². The number of amides is 1. The van der Waals surface area contributed by atoms with Gasteiger partial charge in [-0.05, 0) is 48.7 Å². The van der Waals surface area contributed by atoms with Gasteiger partial charge in [0.2, 0.25) is 5.91 Å². The molecule has 0 saturated carbocycles. The van der Waals surface area contributed by atoms with E-state index in [1.54, 1.807) is 18.2 Å². The molecule has 0 aromatic heterocycles. The Labute approximate surface area is 163 Å². The Bertz CT molecular complexity index is 792. The van der Waals surface area contributed by atoms with Crippen LogP contribution in [0.25, 0.3) is 0 Å². The van der Waals surface area contributed by atoms with Gasteiger partial charge < -0.3 is 19.9 Å². The third-order valence-corrected chi connectivity index (χ3v) is 3.92. The number of carbonyl (C=O) groups is 2. The van der Waals surface area contributed by atoms with Crippen LogP contribution < -0.4 is 14.8 Å². The zero-order valence-electron chi connectivity index (χ0n) is 15.7. The van der Waals surface area contributed by atoms with Crippen molar-refractivity contribution in [3.05, 3.63) is 59.4 Å². The second-order valence-corrected chi connectivity index (χ2v) is 6.12. The maximum atomic E-state index is 13.0. The topological polar surface area (TPSA) is 84.9 Å². The van der Waals surface area contributed by atoms with E-state index in [0.29, 0.717) is 37.7 Å². The second kappa shape index (κ2) is 10.9. The average Bonchev–Trinajstić information content (AvgIpc) is 2.67. The van der Waals surface area contributed by atoms with Crippen molar-refractivity contribution in [1.82, 2.24) is 5.32 Å². The fourth-order valence-electron chi connectivity index (χ4n) is 2.49. The predicted molar refractivity (Wildman–Crippen MR) is 102 cm³/mol. The van der Waals surface area contributed by atoms with Crippen LogP contribution in [0.15, 0.2) is 42.5 Å². The standard InChI is InChI=1S/C21H24FNO5/c1-2-27-19-13-15(11-12-23-20(24)9-10-21(25)26)5-8-18(19)28-14-16-3-6-17(22)7-4-16/h3-8,13H,2,9-12,14H2,1H3,(H,23,24)(H,25,26). The summed E-state index contributed by atoms with van der Waals surface area (Å²) in [6, 6.07) is 11.6. The van der Waals surface area contributed by atoms with E-state index in [0.717, 1.165) is 11.1 Å². The van der Waals surface area contributed by atoms with Gasteiger partial charge in [0.25, 0.3) is 0 Å². The first-order chi connectivity index (χ1) is 13.5. The molecule has 0 unspecified atom stereocenters. The number of nitrogens with one attached hydrogen (secondary N) is 1. The lowest BCUT2D eigenvalue weighted by molar-refractivity contribution is -0.138. The lowest BCUT2D eigenvalue weighted by Gasteiger charge is -2.14. The summed E-state index contributed by atoms with van der Waals surface area (Å²) >= 11 is 0. The molecule has 0 heterocycles. The molecule has 2 aromatic rings. The molecule has 7 heteroatoms. The molecule has 0 aliphatic carbocycles. The van der Waals surface area contributed by atoms with Gasteiger partial charge in [-0.15, -0.1) is 0 Å². The number of aliphatic carboxylic acids is 1. The Morgan fingerprint density at radius 3 is 2.39 bits per heavy atom. The van der Waals surface area contributed by atoms with Crippen LogP contribution in [-0.4, -0.2) is 30.1 Å². The van der Waals surface area contributed by atoms with E-state index in [4.69, 9.17) is 14.6 Å². The largest absolute Gasteiger partial charge is 0.490 e. The van der Waals surface area contributed by atoms with Crippen molar-refractivity contribution >= 4 is 11.9 Å². The van der Waals surface area contributed by atoms with E-state index >= 15 is 0 Å². The molecule has 0 spiro atoms. The van der Waals surface area contributed by atoms with Gasteiger partial charge in [-0.3, -0.25) is 9.59 Å². The number of hydrogen-bond donors (Lipinski definition) is 2. The first-order valence-electron chi connectivity index (χ1n) is 9.09. The van der Waals surface area contributed by atoms with Crippen LogP contribution in [0.5, 0.6) is 11.5 Å². The molecule has 0 aliphatic rings. The Hall–Kier alpha value is -3.09. The van der Waals surface area contributed by atoms with Crippen molar-refractivity contribution in [3.63, 3.8) is 0 Å². The minimum Gasteiger partial charge on any atom is -0.490 e. The van der Waals surface area contributed by atoms with Crippen LogP contribution in [0.4, 0.5) is 4.39 Å². The molecule has 28 heavy (non-hydrogen) atoms. The second-order valence-electron chi connectivity index (χ2n) is 6.12. The van der Waals surface area contributed by atoms with Crippen LogP contribution in [0.1, 0.15) is 30.9 Å². The van der Waals surface area contributed by atoms with Gasteiger partial charge in [0, 0.05) is 13.0 Å². The Balaban J connectivity index is 1.91. The Morgan fingerprint density at radius 1 is 1.00 bits per heavy atom. The first-order valence-corrected chi connectivity index (χ1v) is 9.09. The van der Waals surface area contributed by atoms with Gasteiger partial charge in [0.1, 0.15) is 12.4 Å². The molecule has 2 aromatic carbocycles. The number of carboxylic acids is 1. The molecule has 0 radical (unpaired) electrons. The quantitative estimate of drug-likeness (QED) is 0.616. The van der Waals surface area contributed by atoms with Crippen LogP contribution >= 0.6 is 0 Å². The molecule has 2 rings (SSSR count). The van der Waals surface area contributed by atoms with Gasteiger partial charge >= 0.3 is 5.97 Å². The zero-order chi connectivity index (χ0) is 20.4. The van der Waals surface area contributed by atoms with E-state index in [1.165, 1.54) is 12.1 Å². The predicted octanol–water partition coefficient (Wildman–Crippen LogP) is 3.33. The molecule has 2 N–H and O–H groups in total. The number of carbonyl (C=O) groups excluding carboxylic acids is 1. The van der Waals surface area contributed by atoms with E-state index in [2.05, 4.69) is 5.32 Å². The first kappa shape index (κ1) is 21.2. The van der Waals surface area contributed by atoms with Gasteiger partial charge in [-0.25, -0.2) is 4.39 Å². The summed E-state index contributed by atoms with van der Waals surface area (Å²) in [6.07, 6.45) is 0.368. The van der Waals surface area contributed by atoms with Gasteiger partial charge in [0.15, 0.2) is 11.5 Å². The third kappa shape index (κ3) is 7.26. The Morgan fingerprint density at radius 2 is 1.71 bits per heavy atom. The van der Waals surface area contributed by atoms with Crippen LogP contribution in [0.3, 0.4) is 0 Å². The van der Waals surface area contributed by atoms with Crippen molar-refractivity contribution in [1.29, 1.82) is 0 Å². The maximum absolute atomic E-state index is 13.0. The monoisotopic (exact) mass is 389 g/mol. The molecule has 6 nitrogen and oxygen atoms in total. The summed E-state index contributed by atoms with van der Waals surface area (Å²) in [4.78, 5) is 22.0. The third-order valence-electron chi connectivity index (χ3n) is 3.92. The summed E-state index contributed by atoms with van der Waals surface area (Å²) in [5.74, 6) is -0.391. The minimum absolute atomic E-state index is 0.0321. The van der Waals surface area contributed by atoms with E-state index in [9.17, 15) is 14.0 Å². The number of ether oxygens (including phenoxy) is 2. The molecule has 0 fully saturated rings. The van der Waals surface area contributed by atoms with Crippen LogP contribution in [0.2, 0.25) is 0 Å². The van der Waals surface area contributed by atoms with E-state index in [-0.39, 0.29) is 24.6 Å². The van der Waals surface area contributed by atoms with Gasteiger partial charge in [-0.2, -0.15) is 0 Å². The highest BCUT2D eigenvalue weighted by atomic mass is 19.1. The number of benzene rings is 2. The lowest BCUT2D eigenvalue weighted by Crippen LogP contribution is -2.26. The number of halogens is 1.